The van der Waals surface area contributed by atoms with Gasteiger partial charge in [-0.3, -0.25) is 0 Å². The molecule has 1 rings (SSSR count). The zero-order valence-electron chi connectivity index (χ0n) is 12.1. The molecule has 6 heteroatoms. The van der Waals surface area contributed by atoms with E-state index < -0.39 is 15.9 Å². The molecule has 0 saturated carbocycles. The van der Waals surface area contributed by atoms with Gasteiger partial charge < -0.3 is 10.0 Å². The van der Waals surface area contributed by atoms with Gasteiger partial charge >= 0.3 is 0 Å². The molecule has 4 nitrogen and oxygen atoms in total. The van der Waals surface area contributed by atoms with E-state index in [1.165, 1.54) is 18.4 Å². The number of aliphatic hydroxyl groups is 1. The van der Waals surface area contributed by atoms with E-state index in [0.29, 0.717) is 30.6 Å². The predicted octanol–water partition coefficient (Wildman–Crippen LogP) is 1.53. The van der Waals surface area contributed by atoms with Crippen LogP contribution in [-0.4, -0.2) is 50.6 Å². The summed E-state index contributed by atoms with van der Waals surface area (Å²) in [5.41, 5.74) is 1.41. The summed E-state index contributed by atoms with van der Waals surface area (Å²) < 4.78 is 35.1. The lowest BCUT2D eigenvalue weighted by Gasteiger charge is -2.21. The molecule has 20 heavy (non-hydrogen) atoms. The molecule has 0 aliphatic heterocycles. The zero-order chi connectivity index (χ0) is 15.3. The lowest BCUT2D eigenvalue weighted by Crippen LogP contribution is -2.27. The van der Waals surface area contributed by atoms with Crippen LogP contribution in [0.1, 0.15) is 23.7 Å². The maximum atomic E-state index is 13.0. The molecule has 0 amide bonds. The number of nitrogens with zero attached hydrogens (tertiary/aromatic N) is 1. The minimum Gasteiger partial charge on any atom is -0.387 e. The Bertz CT molecular complexity index is 545. The van der Waals surface area contributed by atoms with Gasteiger partial charge in [0.1, 0.15) is 15.7 Å². The Labute approximate surface area is 120 Å². The van der Waals surface area contributed by atoms with Gasteiger partial charge in [-0.2, -0.15) is 0 Å². The Morgan fingerprint density at radius 1 is 1.40 bits per heavy atom. The van der Waals surface area contributed by atoms with Crippen LogP contribution >= 0.6 is 0 Å². The topological polar surface area (TPSA) is 57.6 Å². The Morgan fingerprint density at radius 3 is 2.60 bits per heavy atom. The van der Waals surface area contributed by atoms with Gasteiger partial charge in [0.15, 0.2) is 0 Å². The van der Waals surface area contributed by atoms with Crippen LogP contribution in [0.25, 0.3) is 0 Å². The first-order valence-electron chi connectivity index (χ1n) is 6.49. The van der Waals surface area contributed by atoms with Gasteiger partial charge in [-0.1, -0.05) is 6.07 Å². The lowest BCUT2D eigenvalue weighted by molar-refractivity contribution is 0.126. The summed E-state index contributed by atoms with van der Waals surface area (Å²) in [5.74, 6) is -0.178. The summed E-state index contributed by atoms with van der Waals surface area (Å²) in [6.07, 6.45) is 1.03. The highest BCUT2D eigenvalue weighted by Gasteiger charge is 2.14. The molecule has 1 N–H and O–H groups in total. The number of halogens is 1. The van der Waals surface area contributed by atoms with E-state index >= 15 is 0 Å². The number of likely N-dealkylation sites (N-methyl/N-ethyl adjacent to an activating group) is 1. The van der Waals surface area contributed by atoms with Crippen LogP contribution in [0.15, 0.2) is 18.2 Å². The first kappa shape index (κ1) is 17.1. The first-order valence-corrected chi connectivity index (χ1v) is 8.55. The summed E-state index contributed by atoms with van der Waals surface area (Å²) in [7, 11) is -1.12. The highest BCUT2D eigenvalue weighted by Crippen LogP contribution is 2.19. The Hall–Kier alpha value is -0.980. The highest BCUT2D eigenvalue weighted by atomic mass is 32.2. The van der Waals surface area contributed by atoms with Crippen LogP contribution in [0.5, 0.6) is 0 Å². The smallest absolute Gasteiger partial charge is 0.147 e. The molecule has 1 aromatic carbocycles. The molecule has 0 bridgehead atoms. The molecule has 0 aliphatic rings. The number of sulfone groups is 1. The van der Waals surface area contributed by atoms with Crippen LogP contribution in [-0.2, 0) is 9.84 Å². The van der Waals surface area contributed by atoms with Crippen molar-refractivity contribution in [3.63, 3.8) is 0 Å². The number of aryl methyl sites for hydroxylation is 1. The van der Waals surface area contributed by atoms with Crippen molar-refractivity contribution >= 4 is 9.84 Å². The van der Waals surface area contributed by atoms with Crippen molar-refractivity contribution in [3.05, 3.63) is 35.1 Å². The molecule has 0 radical (unpaired) electrons. The van der Waals surface area contributed by atoms with Crippen molar-refractivity contribution < 1.29 is 17.9 Å². The summed E-state index contributed by atoms with van der Waals surface area (Å²) in [6, 6.07) is 4.30. The first-order chi connectivity index (χ1) is 9.19. The van der Waals surface area contributed by atoms with Gasteiger partial charge in [-0.15, -0.1) is 0 Å². The molecular formula is C14H22FNO3S. The van der Waals surface area contributed by atoms with Crippen molar-refractivity contribution in [2.45, 2.75) is 19.4 Å². The number of rotatable bonds is 7. The fourth-order valence-corrected chi connectivity index (χ4v) is 2.75. The summed E-state index contributed by atoms with van der Waals surface area (Å²) in [4.78, 5) is 1.87. The molecule has 114 valence electrons. The number of aliphatic hydroxyl groups excluding tert-OH is 1. The SMILES string of the molecule is Cc1cc(F)ccc1C(O)CN(C)CCCS(C)(=O)=O. The van der Waals surface area contributed by atoms with Crippen LogP contribution in [0, 0.1) is 12.7 Å². The zero-order valence-corrected chi connectivity index (χ0v) is 13.0. The molecule has 0 heterocycles. The third kappa shape index (κ3) is 5.98. The van der Waals surface area contributed by atoms with Crippen LogP contribution in [0.3, 0.4) is 0 Å². The van der Waals surface area contributed by atoms with E-state index in [1.54, 1.807) is 13.0 Å². The molecule has 1 atom stereocenters. The van der Waals surface area contributed by atoms with E-state index in [-0.39, 0.29) is 11.6 Å². The summed E-state index contributed by atoms with van der Waals surface area (Å²) in [6.45, 7) is 2.73. The van der Waals surface area contributed by atoms with Crippen molar-refractivity contribution in [2.24, 2.45) is 0 Å². The fraction of sp³-hybridized carbons (Fsp3) is 0.571. The standard InChI is InChI=1S/C14H22FNO3S/c1-11-9-12(15)5-6-13(11)14(17)10-16(2)7-4-8-20(3,18)19/h5-6,9,14,17H,4,7-8,10H2,1-3H3. The second kappa shape index (κ2) is 7.15. The number of hydrogen-bond donors (Lipinski definition) is 1. The summed E-state index contributed by atoms with van der Waals surface area (Å²) >= 11 is 0. The third-order valence-corrected chi connectivity index (χ3v) is 4.16. The maximum Gasteiger partial charge on any atom is 0.147 e. The van der Waals surface area contributed by atoms with Gasteiger partial charge in [0.25, 0.3) is 0 Å². The minimum atomic E-state index is -2.94. The van der Waals surface area contributed by atoms with E-state index in [0.717, 1.165) is 0 Å². The molecule has 0 aliphatic carbocycles. The molecule has 0 spiro atoms. The lowest BCUT2D eigenvalue weighted by atomic mass is 10.0. The monoisotopic (exact) mass is 303 g/mol. The number of benzene rings is 1. The fourth-order valence-electron chi connectivity index (χ4n) is 2.09. The molecule has 0 fully saturated rings. The molecule has 0 aromatic heterocycles. The quantitative estimate of drug-likeness (QED) is 0.830. The average Bonchev–Trinajstić information content (AvgIpc) is 2.26. The third-order valence-electron chi connectivity index (χ3n) is 3.13. The van der Waals surface area contributed by atoms with Gasteiger partial charge in [0.05, 0.1) is 11.9 Å². The van der Waals surface area contributed by atoms with Crippen molar-refractivity contribution in [2.75, 3.05) is 32.1 Å². The van der Waals surface area contributed by atoms with Gasteiger partial charge in [-0.25, -0.2) is 12.8 Å². The summed E-state index contributed by atoms with van der Waals surface area (Å²) in [5, 5.41) is 10.1. The maximum absolute atomic E-state index is 13.0. The largest absolute Gasteiger partial charge is 0.387 e. The minimum absolute atomic E-state index is 0.142. The van der Waals surface area contributed by atoms with E-state index in [1.807, 2.05) is 11.9 Å². The second-order valence-corrected chi connectivity index (χ2v) is 7.52. The Kier molecular flexibility index (Phi) is 6.10. The van der Waals surface area contributed by atoms with Gasteiger partial charge in [0, 0.05) is 12.8 Å². The average molecular weight is 303 g/mol. The highest BCUT2D eigenvalue weighted by molar-refractivity contribution is 7.90. The molecule has 1 aromatic rings. The molecular weight excluding hydrogens is 281 g/mol. The van der Waals surface area contributed by atoms with Crippen molar-refractivity contribution in [1.29, 1.82) is 0 Å². The van der Waals surface area contributed by atoms with E-state index in [2.05, 4.69) is 0 Å². The van der Waals surface area contributed by atoms with E-state index in [4.69, 9.17) is 0 Å². The van der Waals surface area contributed by atoms with Crippen LogP contribution in [0.2, 0.25) is 0 Å². The molecule has 1 unspecified atom stereocenters. The van der Waals surface area contributed by atoms with Crippen molar-refractivity contribution in [3.8, 4) is 0 Å². The Balaban J connectivity index is 2.51. The van der Waals surface area contributed by atoms with Gasteiger partial charge in [-0.05, 0) is 50.2 Å². The van der Waals surface area contributed by atoms with Crippen LogP contribution in [0.4, 0.5) is 4.39 Å². The normalized spacial score (nSPS) is 13.7. The Morgan fingerprint density at radius 2 is 2.05 bits per heavy atom. The van der Waals surface area contributed by atoms with Crippen molar-refractivity contribution in [1.82, 2.24) is 4.90 Å². The second-order valence-electron chi connectivity index (χ2n) is 5.26. The number of hydrogen-bond acceptors (Lipinski definition) is 4. The molecule has 0 saturated heterocycles. The van der Waals surface area contributed by atoms with Gasteiger partial charge in [0.2, 0.25) is 0 Å². The predicted molar refractivity (Wildman–Crippen MR) is 77.9 cm³/mol. The van der Waals surface area contributed by atoms with E-state index in [9.17, 15) is 17.9 Å². The van der Waals surface area contributed by atoms with Crippen LogP contribution < -0.4 is 0 Å².